The molecule has 2 heteroatoms. The predicted octanol–water partition coefficient (Wildman–Crippen LogP) is 2.69. The minimum absolute atomic E-state index is 0.228. The second-order valence-corrected chi connectivity index (χ2v) is 6.57. The van der Waals surface area contributed by atoms with Crippen LogP contribution in [-0.2, 0) is 0 Å². The molecule has 2 fully saturated rings. The normalized spacial score (nSPS) is 50.2. The molecule has 2 nitrogen and oxygen atoms in total. The summed E-state index contributed by atoms with van der Waals surface area (Å²) in [5.74, 6) is 2.05. The zero-order valence-electron chi connectivity index (χ0n) is 10.8. The molecule has 4 atom stereocenters. The van der Waals surface area contributed by atoms with Gasteiger partial charge in [-0.05, 0) is 62.7 Å². The zero-order chi connectivity index (χ0) is 11.8. The molecule has 0 radical (unpaired) electrons. The molecule has 94 valence electrons. The van der Waals surface area contributed by atoms with E-state index in [1.165, 1.54) is 19.3 Å². The molecule has 0 spiro atoms. The average Bonchev–Trinajstić information content (AvgIpc) is 2.15. The van der Waals surface area contributed by atoms with Crippen LogP contribution in [0.25, 0.3) is 0 Å². The van der Waals surface area contributed by atoms with E-state index in [2.05, 4.69) is 13.8 Å². The second-order valence-electron chi connectivity index (χ2n) is 6.57. The molecule has 16 heavy (non-hydrogen) atoms. The lowest BCUT2D eigenvalue weighted by atomic mass is 9.64. The Kier molecular flexibility index (Phi) is 3.60. The molecule has 2 aliphatic rings. The first-order valence-corrected chi connectivity index (χ1v) is 6.97. The molecule has 0 aromatic rings. The maximum absolute atomic E-state index is 10.8. The summed E-state index contributed by atoms with van der Waals surface area (Å²) in [6, 6.07) is 0.228. The summed E-state index contributed by atoms with van der Waals surface area (Å²) in [4.78, 5) is 0. The average molecular weight is 225 g/mol. The van der Waals surface area contributed by atoms with Gasteiger partial charge in [-0.25, -0.2) is 0 Å². The standard InChI is InChI=1S/C14H27NO/c1-10-6-11(2)8-12(7-10)14(16)5-3-4-13(15)9-14/h10-13,16H,3-9,15H2,1-2H3. The van der Waals surface area contributed by atoms with Gasteiger partial charge in [0.2, 0.25) is 0 Å². The highest BCUT2D eigenvalue weighted by atomic mass is 16.3. The number of hydrogen-bond acceptors (Lipinski definition) is 2. The van der Waals surface area contributed by atoms with Crippen molar-refractivity contribution in [1.82, 2.24) is 0 Å². The van der Waals surface area contributed by atoms with Crippen LogP contribution >= 0.6 is 0 Å². The van der Waals surface area contributed by atoms with Crippen LogP contribution in [0.5, 0.6) is 0 Å². The fourth-order valence-corrected chi connectivity index (χ4v) is 4.09. The quantitative estimate of drug-likeness (QED) is 0.720. The van der Waals surface area contributed by atoms with Crippen LogP contribution < -0.4 is 5.73 Å². The third-order valence-corrected chi connectivity index (χ3v) is 4.74. The van der Waals surface area contributed by atoms with Gasteiger partial charge in [0.25, 0.3) is 0 Å². The third kappa shape index (κ3) is 2.60. The van der Waals surface area contributed by atoms with Gasteiger partial charge in [0, 0.05) is 6.04 Å². The first-order valence-electron chi connectivity index (χ1n) is 6.97. The second kappa shape index (κ2) is 4.66. The van der Waals surface area contributed by atoms with E-state index in [1.807, 2.05) is 0 Å². The monoisotopic (exact) mass is 225 g/mol. The van der Waals surface area contributed by atoms with E-state index in [9.17, 15) is 5.11 Å². The number of hydrogen-bond donors (Lipinski definition) is 2. The summed E-state index contributed by atoms with van der Waals surface area (Å²) < 4.78 is 0. The number of nitrogens with two attached hydrogens (primary N) is 1. The Balaban J connectivity index is 2.04. The molecule has 0 aromatic carbocycles. The van der Waals surface area contributed by atoms with Crippen molar-refractivity contribution in [3.8, 4) is 0 Å². The summed E-state index contributed by atoms with van der Waals surface area (Å²) in [5.41, 5.74) is 5.58. The fraction of sp³-hybridized carbons (Fsp3) is 1.00. The van der Waals surface area contributed by atoms with Gasteiger partial charge in [0.15, 0.2) is 0 Å². The van der Waals surface area contributed by atoms with E-state index < -0.39 is 5.60 Å². The Labute approximate surface area is 99.6 Å². The Bertz CT molecular complexity index is 233. The van der Waals surface area contributed by atoms with Gasteiger partial charge in [-0.15, -0.1) is 0 Å². The summed E-state index contributed by atoms with van der Waals surface area (Å²) in [6.07, 6.45) is 7.75. The predicted molar refractivity (Wildman–Crippen MR) is 67.1 cm³/mol. The zero-order valence-corrected chi connectivity index (χ0v) is 10.8. The molecule has 0 aliphatic heterocycles. The van der Waals surface area contributed by atoms with Crippen molar-refractivity contribution in [2.24, 2.45) is 23.5 Å². The SMILES string of the molecule is CC1CC(C)CC(C2(O)CCCC(N)C2)C1. The molecular formula is C14H27NO. The van der Waals surface area contributed by atoms with E-state index in [4.69, 9.17) is 5.73 Å². The van der Waals surface area contributed by atoms with E-state index in [0.29, 0.717) is 5.92 Å². The minimum atomic E-state index is -0.444. The third-order valence-electron chi connectivity index (χ3n) is 4.74. The van der Waals surface area contributed by atoms with Gasteiger partial charge in [0.05, 0.1) is 5.60 Å². The molecule has 2 saturated carbocycles. The number of aliphatic hydroxyl groups is 1. The molecular weight excluding hydrogens is 198 g/mol. The Morgan fingerprint density at radius 1 is 1.12 bits per heavy atom. The van der Waals surface area contributed by atoms with Crippen molar-refractivity contribution in [3.63, 3.8) is 0 Å². The molecule has 3 N–H and O–H groups in total. The van der Waals surface area contributed by atoms with Crippen molar-refractivity contribution in [1.29, 1.82) is 0 Å². The van der Waals surface area contributed by atoms with Crippen LogP contribution in [0.3, 0.4) is 0 Å². The molecule has 2 rings (SSSR count). The van der Waals surface area contributed by atoms with Crippen LogP contribution in [-0.4, -0.2) is 16.7 Å². The topological polar surface area (TPSA) is 46.2 Å². The van der Waals surface area contributed by atoms with Gasteiger partial charge in [0.1, 0.15) is 0 Å². The Morgan fingerprint density at radius 2 is 1.75 bits per heavy atom. The highest BCUT2D eigenvalue weighted by molar-refractivity contribution is 4.95. The lowest BCUT2D eigenvalue weighted by molar-refractivity contribution is -0.0781. The first-order chi connectivity index (χ1) is 7.49. The summed E-state index contributed by atoms with van der Waals surface area (Å²) in [6.45, 7) is 4.66. The van der Waals surface area contributed by atoms with E-state index in [-0.39, 0.29) is 6.04 Å². The molecule has 0 heterocycles. The van der Waals surface area contributed by atoms with Crippen molar-refractivity contribution in [2.45, 2.75) is 70.4 Å². The van der Waals surface area contributed by atoms with Crippen LogP contribution in [0.1, 0.15) is 58.8 Å². The number of rotatable bonds is 1. The molecule has 4 unspecified atom stereocenters. The van der Waals surface area contributed by atoms with E-state index in [0.717, 1.165) is 37.5 Å². The van der Waals surface area contributed by atoms with Crippen molar-refractivity contribution in [3.05, 3.63) is 0 Å². The highest BCUT2D eigenvalue weighted by Gasteiger charge is 2.42. The van der Waals surface area contributed by atoms with E-state index >= 15 is 0 Å². The molecule has 0 bridgehead atoms. The largest absolute Gasteiger partial charge is 0.390 e. The molecule has 2 aliphatic carbocycles. The van der Waals surface area contributed by atoms with Gasteiger partial charge in [-0.2, -0.15) is 0 Å². The lowest BCUT2D eigenvalue weighted by Crippen LogP contribution is -2.48. The first kappa shape index (κ1) is 12.4. The maximum Gasteiger partial charge on any atom is 0.0690 e. The van der Waals surface area contributed by atoms with Crippen molar-refractivity contribution in [2.75, 3.05) is 0 Å². The van der Waals surface area contributed by atoms with Gasteiger partial charge in [-0.3, -0.25) is 0 Å². The van der Waals surface area contributed by atoms with Gasteiger partial charge in [-0.1, -0.05) is 13.8 Å². The fourth-order valence-electron chi connectivity index (χ4n) is 4.09. The Hall–Kier alpha value is -0.0800. The maximum atomic E-state index is 10.8. The van der Waals surface area contributed by atoms with E-state index in [1.54, 1.807) is 0 Å². The molecule has 0 saturated heterocycles. The van der Waals surface area contributed by atoms with Gasteiger partial charge >= 0.3 is 0 Å². The lowest BCUT2D eigenvalue weighted by Gasteiger charge is -2.45. The smallest absolute Gasteiger partial charge is 0.0690 e. The van der Waals surface area contributed by atoms with Crippen molar-refractivity contribution >= 4 is 0 Å². The molecule has 0 aromatic heterocycles. The van der Waals surface area contributed by atoms with Crippen LogP contribution in [0.2, 0.25) is 0 Å². The molecule has 0 amide bonds. The van der Waals surface area contributed by atoms with Crippen LogP contribution in [0, 0.1) is 17.8 Å². The minimum Gasteiger partial charge on any atom is -0.390 e. The van der Waals surface area contributed by atoms with Gasteiger partial charge < -0.3 is 10.8 Å². The summed E-state index contributed by atoms with van der Waals surface area (Å²) >= 11 is 0. The summed E-state index contributed by atoms with van der Waals surface area (Å²) in [5, 5.41) is 10.8. The van der Waals surface area contributed by atoms with Crippen LogP contribution in [0.15, 0.2) is 0 Å². The summed E-state index contributed by atoms with van der Waals surface area (Å²) in [7, 11) is 0. The highest BCUT2D eigenvalue weighted by Crippen LogP contribution is 2.44. The van der Waals surface area contributed by atoms with Crippen molar-refractivity contribution < 1.29 is 5.11 Å². The van der Waals surface area contributed by atoms with Crippen LogP contribution in [0.4, 0.5) is 0 Å². The Morgan fingerprint density at radius 3 is 2.31 bits per heavy atom.